The molecule has 0 aliphatic carbocycles. The predicted octanol–water partition coefficient (Wildman–Crippen LogP) is 3.44. The number of para-hydroxylation sites is 2. The van der Waals surface area contributed by atoms with E-state index in [2.05, 4.69) is 10.5 Å². The third-order valence-corrected chi connectivity index (χ3v) is 5.53. The molecule has 0 aromatic heterocycles. The Labute approximate surface area is 186 Å². The molecule has 3 rings (SSSR count). The summed E-state index contributed by atoms with van der Waals surface area (Å²) in [5.41, 5.74) is 4.03. The number of ether oxygens (including phenoxy) is 2. The summed E-state index contributed by atoms with van der Waals surface area (Å²) < 4.78 is 37.6. The maximum atomic E-state index is 12.0. The van der Waals surface area contributed by atoms with Gasteiger partial charge in [-0.2, -0.15) is 5.10 Å². The van der Waals surface area contributed by atoms with Gasteiger partial charge in [-0.25, -0.2) is 13.1 Å². The number of hydrazone groups is 1. The molecule has 0 spiro atoms. The summed E-state index contributed by atoms with van der Waals surface area (Å²) >= 11 is 0. The number of anilines is 1. The first kappa shape index (κ1) is 22.8. The Morgan fingerprint density at radius 2 is 1.31 bits per heavy atom. The summed E-state index contributed by atoms with van der Waals surface area (Å²) in [7, 11) is -3.89. The molecule has 0 bridgehead atoms. The molecule has 3 aromatic rings. The Morgan fingerprint density at radius 1 is 0.812 bits per heavy atom. The van der Waals surface area contributed by atoms with Crippen molar-refractivity contribution in [1.82, 2.24) is 4.72 Å². The van der Waals surface area contributed by atoms with Gasteiger partial charge in [-0.1, -0.05) is 36.4 Å². The number of rotatable bonds is 10. The smallest absolute Gasteiger partial charge is 0.264 e. The first-order valence-corrected chi connectivity index (χ1v) is 11.2. The number of sulfonamides is 1. The molecule has 1 amide bonds. The number of nitrogens with zero attached hydrogens (tertiary/aromatic N) is 1. The summed E-state index contributed by atoms with van der Waals surface area (Å²) in [5.74, 6) is 0.748. The highest BCUT2D eigenvalue weighted by atomic mass is 32.2. The molecule has 0 aliphatic heterocycles. The van der Waals surface area contributed by atoms with Gasteiger partial charge in [-0.05, 0) is 48.5 Å². The van der Waals surface area contributed by atoms with E-state index in [0.29, 0.717) is 22.9 Å². The Morgan fingerprint density at radius 3 is 1.78 bits per heavy atom. The fraction of sp³-hybridized carbons (Fsp3) is 0.130. The highest BCUT2D eigenvalue weighted by molar-refractivity contribution is 7.90. The molecule has 0 saturated carbocycles. The second kappa shape index (κ2) is 11.0. The lowest BCUT2D eigenvalue weighted by Crippen LogP contribution is -2.28. The lowest BCUT2D eigenvalue weighted by atomic mass is 10.3. The molecule has 0 aliphatic rings. The zero-order valence-electron chi connectivity index (χ0n) is 17.4. The van der Waals surface area contributed by atoms with Gasteiger partial charge in [-0.15, -0.1) is 0 Å². The van der Waals surface area contributed by atoms with Crippen molar-refractivity contribution in [3.05, 3.63) is 84.9 Å². The number of hydrogen-bond donors (Lipinski definition) is 2. The molecule has 0 radical (unpaired) electrons. The van der Waals surface area contributed by atoms with Gasteiger partial charge in [0.05, 0.1) is 10.6 Å². The van der Waals surface area contributed by atoms with Crippen molar-refractivity contribution in [3.63, 3.8) is 0 Å². The number of nitrogens with one attached hydrogen (secondary N) is 2. The minimum Gasteiger partial charge on any atom is -0.487 e. The van der Waals surface area contributed by atoms with E-state index in [1.165, 1.54) is 12.1 Å². The maximum absolute atomic E-state index is 12.0. The monoisotopic (exact) mass is 453 g/mol. The highest BCUT2D eigenvalue weighted by Crippen LogP contribution is 2.15. The first-order chi connectivity index (χ1) is 15.4. The van der Waals surface area contributed by atoms with Crippen LogP contribution >= 0.6 is 0 Å². The molecule has 3 aromatic carbocycles. The first-order valence-electron chi connectivity index (χ1n) is 9.73. The predicted molar refractivity (Wildman–Crippen MR) is 122 cm³/mol. The molecule has 0 heterocycles. The Balaban J connectivity index is 1.68. The van der Waals surface area contributed by atoms with E-state index in [0.717, 1.165) is 6.92 Å². The second-order valence-electron chi connectivity index (χ2n) is 6.68. The van der Waals surface area contributed by atoms with E-state index in [4.69, 9.17) is 9.47 Å². The fourth-order valence-corrected chi connectivity index (χ4v) is 3.56. The lowest BCUT2D eigenvalue weighted by molar-refractivity contribution is -0.117. The Kier molecular flexibility index (Phi) is 7.82. The van der Waals surface area contributed by atoms with E-state index >= 15 is 0 Å². The molecule has 8 nitrogen and oxygen atoms in total. The molecule has 0 saturated heterocycles. The van der Waals surface area contributed by atoms with Crippen molar-refractivity contribution >= 4 is 27.3 Å². The Hall–Kier alpha value is -3.85. The number of benzene rings is 3. The van der Waals surface area contributed by atoms with Crippen LogP contribution < -0.4 is 19.6 Å². The zero-order chi connectivity index (χ0) is 22.8. The number of carbonyl (C=O) groups excluding carboxylic acids is 1. The summed E-state index contributed by atoms with van der Waals surface area (Å²) in [6.07, 6.45) is 0. The topological polar surface area (TPSA) is 106 Å². The standard InChI is InChI=1S/C23H23N3O5S/c1-18(27)26-32(28,29)23-14-12-19(13-15-23)24-25-20(16-30-21-8-4-2-5-9-21)17-31-22-10-6-3-7-11-22/h2-15,24H,16-17H2,1H3,(H,26,27). The van der Waals surface area contributed by atoms with E-state index < -0.39 is 15.9 Å². The minimum absolute atomic E-state index is 0.0257. The number of hydrogen-bond acceptors (Lipinski definition) is 7. The summed E-state index contributed by atoms with van der Waals surface area (Å²) in [5, 5.41) is 4.36. The van der Waals surface area contributed by atoms with Gasteiger partial charge >= 0.3 is 0 Å². The van der Waals surface area contributed by atoms with Crippen LogP contribution in [-0.2, 0) is 14.8 Å². The molecule has 2 N–H and O–H groups in total. The van der Waals surface area contributed by atoms with Crippen LogP contribution in [-0.4, -0.2) is 33.3 Å². The minimum atomic E-state index is -3.89. The molecule has 0 unspecified atom stereocenters. The van der Waals surface area contributed by atoms with E-state index in [1.54, 1.807) is 12.1 Å². The Bertz CT molecular complexity index is 1100. The average Bonchev–Trinajstić information content (AvgIpc) is 2.79. The van der Waals surface area contributed by atoms with Crippen LogP contribution in [0.1, 0.15) is 6.92 Å². The normalized spacial score (nSPS) is 10.7. The number of carbonyl (C=O) groups is 1. The van der Waals surface area contributed by atoms with Crippen LogP contribution in [0.3, 0.4) is 0 Å². The van der Waals surface area contributed by atoms with Crippen LogP contribution in [0.2, 0.25) is 0 Å². The van der Waals surface area contributed by atoms with Crippen LogP contribution in [0.25, 0.3) is 0 Å². The van der Waals surface area contributed by atoms with Crippen molar-refractivity contribution in [2.45, 2.75) is 11.8 Å². The summed E-state index contributed by atoms with van der Waals surface area (Å²) in [6, 6.07) is 24.5. The van der Waals surface area contributed by atoms with Crippen molar-refractivity contribution < 1.29 is 22.7 Å². The maximum Gasteiger partial charge on any atom is 0.264 e. The van der Waals surface area contributed by atoms with Crippen LogP contribution in [0.5, 0.6) is 11.5 Å². The van der Waals surface area contributed by atoms with Gasteiger partial charge in [0.2, 0.25) is 5.91 Å². The zero-order valence-corrected chi connectivity index (χ0v) is 18.2. The molecule has 0 fully saturated rings. The van der Waals surface area contributed by atoms with Crippen molar-refractivity contribution in [2.75, 3.05) is 18.6 Å². The van der Waals surface area contributed by atoms with Crippen molar-refractivity contribution in [3.8, 4) is 11.5 Å². The molecular weight excluding hydrogens is 430 g/mol. The van der Waals surface area contributed by atoms with Gasteiger partial charge in [0.15, 0.2) is 0 Å². The van der Waals surface area contributed by atoms with Gasteiger partial charge in [-0.3, -0.25) is 10.2 Å². The van der Waals surface area contributed by atoms with Crippen LogP contribution in [0, 0.1) is 0 Å². The van der Waals surface area contributed by atoms with Crippen LogP contribution in [0.4, 0.5) is 5.69 Å². The molecule has 9 heteroatoms. The van der Waals surface area contributed by atoms with Crippen molar-refractivity contribution in [1.29, 1.82) is 0 Å². The van der Waals surface area contributed by atoms with Gasteiger partial charge in [0, 0.05) is 6.92 Å². The highest BCUT2D eigenvalue weighted by Gasteiger charge is 2.15. The molecule has 166 valence electrons. The van der Waals surface area contributed by atoms with Gasteiger partial charge in [0.25, 0.3) is 10.0 Å². The largest absolute Gasteiger partial charge is 0.487 e. The SMILES string of the molecule is CC(=O)NS(=O)(=O)c1ccc(NN=C(COc2ccccc2)COc2ccccc2)cc1. The molecule has 32 heavy (non-hydrogen) atoms. The van der Waals surface area contributed by atoms with E-state index in [-0.39, 0.29) is 18.1 Å². The molecular formula is C23H23N3O5S. The average molecular weight is 454 g/mol. The van der Waals surface area contributed by atoms with Gasteiger partial charge < -0.3 is 9.47 Å². The second-order valence-corrected chi connectivity index (χ2v) is 8.36. The van der Waals surface area contributed by atoms with Gasteiger partial charge in [0.1, 0.15) is 30.4 Å². The van der Waals surface area contributed by atoms with Crippen LogP contribution in [0.15, 0.2) is 94.9 Å². The molecule has 0 atom stereocenters. The van der Waals surface area contributed by atoms with E-state index in [1.807, 2.05) is 65.4 Å². The quantitative estimate of drug-likeness (QED) is 0.360. The van der Waals surface area contributed by atoms with E-state index in [9.17, 15) is 13.2 Å². The fourth-order valence-electron chi connectivity index (χ4n) is 2.57. The third kappa shape index (κ3) is 7.13. The lowest BCUT2D eigenvalue weighted by Gasteiger charge is -2.12. The third-order valence-electron chi connectivity index (χ3n) is 4.08. The van der Waals surface area contributed by atoms with Crippen molar-refractivity contribution in [2.24, 2.45) is 5.10 Å². The summed E-state index contributed by atoms with van der Waals surface area (Å²) in [6.45, 7) is 1.52. The summed E-state index contributed by atoms with van der Waals surface area (Å²) in [4.78, 5) is 11.0. The number of amides is 1.